The molecule has 2 heterocycles. The summed E-state index contributed by atoms with van der Waals surface area (Å²) in [6, 6.07) is 10.9. The van der Waals surface area contributed by atoms with Crippen LogP contribution in [0.3, 0.4) is 0 Å². The summed E-state index contributed by atoms with van der Waals surface area (Å²) in [6.07, 6.45) is 12.7. The highest BCUT2D eigenvalue weighted by molar-refractivity contribution is 7.90. The van der Waals surface area contributed by atoms with E-state index in [-0.39, 0.29) is 22.8 Å². The fourth-order valence-corrected chi connectivity index (χ4v) is 8.58. The summed E-state index contributed by atoms with van der Waals surface area (Å²) in [5.41, 5.74) is 3.02. The van der Waals surface area contributed by atoms with Crippen LogP contribution in [0.2, 0.25) is 5.02 Å². The molecule has 2 aliphatic heterocycles. The largest absolute Gasteiger partial charge is 0.487 e. The molecule has 0 spiro atoms. The van der Waals surface area contributed by atoms with Crippen molar-refractivity contribution in [3.63, 3.8) is 0 Å². The first-order valence-corrected chi connectivity index (χ1v) is 17.2. The van der Waals surface area contributed by atoms with Crippen molar-refractivity contribution in [1.29, 1.82) is 0 Å². The minimum absolute atomic E-state index is 0.0240. The van der Waals surface area contributed by atoms with Crippen molar-refractivity contribution in [2.24, 2.45) is 23.7 Å². The Kier molecular flexibility index (Phi) is 8.85. The maximum Gasteiger partial charge on any atom is 0.264 e. The second-order valence-electron chi connectivity index (χ2n) is 12.4. The number of nitrogens with zero attached hydrogens (tertiary/aromatic N) is 1. The highest BCUT2D eigenvalue weighted by Crippen LogP contribution is 2.42. The summed E-state index contributed by atoms with van der Waals surface area (Å²) in [6.45, 7) is 1.92. The third-order valence-corrected chi connectivity index (χ3v) is 11.5. The molecule has 1 unspecified atom stereocenters. The zero-order chi connectivity index (χ0) is 29.3. The number of methoxy groups -OCH3 is 1. The monoisotopic (exact) mass is 612 g/mol. The van der Waals surface area contributed by atoms with Gasteiger partial charge in [-0.15, -0.1) is 0 Å². The Bertz CT molecular complexity index is 1440. The Hall–Kier alpha value is -2.55. The van der Waals surface area contributed by atoms with E-state index in [0.717, 1.165) is 75.7 Å². The van der Waals surface area contributed by atoms with Crippen LogP contribution in [0.25, 0.3) is 0 Å². The van der Waals surface area contributed by atoms with Gasteiger partial charge in [-0.3, -0.25) is 4.79 Å². The number of benzene rings is 2. The molecule has 42 heavy (non-hydrogen) atoms. The fraction of sp³-hybridized carbons (Fsp3) is 0.545. The van der Waals surface area contributed by atoms with E-state index in [9.17, 15) is 13.2 Å². The zero-order valence-corrected chi connectivity index (χ0v) is 25.8. The maximum absolute atomic E-state index is 13.6. The number of allylic oxidation sites excluding steroid dienone is 1. The van der Waals surface area contributed by atoms with Crippen molar-refractivity contribution < 1.29 is 22.7 Å². The molecule has 6 rings (SSSR count). The van der Waals surface area contributed by atoms with Gasteiger partial charge >= 0.3 is 0 Å². The molecule has 7 nitrogen and oxygen atoms in total. The van der Waals surface area contributed by atoms with Gasteiger partial charge < -0.3 is 14.4 Å². The smallest absolute Gasteiger partial charge is 0.264 e. The molecule has 2 fully saturated rings. The molecule has 1 amide bonds. The predicted octanol–water partition coefficient (Wildman–Crippen LogP) is 6.28. The lowest BCUT2D eigenvalue weighted by Crippen LogP contribution is -2.44. The molecular formula is C33H41ClN2O5S. The average molecular weight is 613 g/mol. The second-order valence-corrected chi connectivity index (χ2v) is 14.5. The second kappa shape index (κ2) is 12.6. The van der Waals surface area contributed by atoms with Crippen molar-refractivity contribution in [3.05, 3.63) is 64.7 Å². The van der Waals surface area contributed by atoms with E-state index in [4.69, 9.17) is 21.1 Å². The van der Waals surface area contributed by atoms with Crippen LogP contribution in [0.15, 0.2) is 53.4 Å². The Morgan fingerprint density at radius 3 is 2.69 bits per heavy atom. The van der Waals surface area contributed by atoms with Crippen LogP contribution < -0.4 is 14.4 Å². The van der Waals surface area contributed by atoms with Crippen LogP contribution in [-0.4, -0.2) is 40.6 Å². The zero-order valence-electron chi connectivity index (χ0n) is 24.3. The molecule has 5 atom stereocenters. The van der Waals surface area contributed by atoms with Gasteiger partial charge in [0.1, 0.15) is 12.4 Å². The average Bonchev–Trinajstić information content (AvgIpc) is 3.42. The van der Waals surface area contributed by atoms with Gasteiger partial charge in [-0.2, -0.15) is 0 Å². The van der Waals surface area contributed by atoms with Crippen molar-refractivity contribution >= 4 is 33.2 Å². The van der Waals surface area contributed by atoms with E-state index >= 15 is 0 Å². The quantitative estimate of drug-likeness (QED) is 0.381. The summed E-state index contributed by atoms with van der Waals surface area (Å²) < 4.78 is 42.0. The molecule has 9 heteroatoms. The lowest BCUT2D eigenvalue weighted by atomic mass is 9.70. The molecule has 226 valence electrons. The molecule has 2 aliphatic carbocycles. The van der Waals surface area contributed by atoms with E-state index in [1.54, 1.807) is 25.3 Å². The number of anilines is 1. The van der Waals surface area contributed by atoms with Crippen molar-refractivity contribution in [3.8, 4) is 5.75 Å². The number of sulfonamides is 1. The molecule has 0 aromatic heterocycles. The van der Waals surface area contributed by atoms with Gasteiger partial charge in [0.15, 0.2) is 0 Å². The molecule has 2 saturated carbocycles. The molecule has 2 aromatic carbocycles. The predicted molar refractivity (Wildman–Crippen MR) is 164 cm³/mol. The van der Waals surface area contributed by atoms with Crippen molar-refractivity contribution in [1.82, 2.24) is 4.72 Å². The minimum Gasteiger partial charge on any atom is -0.487 e. The number of rotatable bonds is 1. The van der Waals surface area contributed by atoms with Gasteiger partial charge in [-0.05, 0) is 111 Å². The molecule has 2 bridgehead atoms. The number of amides is 1. The number of aryl methyl sites for hydroxylation is 1. The number of carbonyl (C=O) groups excluding carboxylic acids is 1. The Labute approximate surface area is 254 Å². The standard InChI is InChI=1S/C33H41ClN2O5S/c1-40-31-10-5-8-22-7-4-9-29(22)33(37)35-42(38,39)27-14-16-32-30(19-27)36(20-24-12-15-28(24)31)17-3-2-6-23-18-26(34)13-11-25(23)21-41-32/h5,10-11,13-14,16,18-19,22,24,28-29,31H,2-4,6-9,12,15,17,20-21H2,1H3,(H,35,37)/b10-5+/t22?,24-,28+,29+,31-/m0/s1. The lowest BCUT2D eigenvalue weighted by molar-refractivity contribution is -0.124. The Morgan fingerprint density at radius 1 is 1.00 bits per heavy atom. The number of nitrogens with one attached hydrogen (secondary N) is 1. The van der Waals surface area contributed by atoms with E-state index in [2.05, 4.69) is 21.8 Å². The Morgan fingerprint density at radius 2 is 1.88 bits per heavy atom. The van der Waals surface area contributed by atoms with Crippen LogP contribution in [0.4, 0.5) is 5.69 Å². The first-order valence-electron chi connectivity index (χ1n) is 15.4. The molecule has 1 N–H and O–H groups in total. The Balaban J connectivity index is 1.39. The highest BCUT2D eigenvalue weighted by Gasteiger charge is 2.39. The molecular weight excluding hydrogens is 572 g/mol. The van der Waals surface area contributed by atoms with Gasteiger partial charge in [0, 0.05) is 31.1 Å². The SMILES string of the molecule is CO[C@H]1/C=C/CC2CCC[C@H]2C(=O)NS(=O)(=O)c2ccc3c(c2)N(CCCCc2cc(Cl)ccc2CO3)C[C@@H]2CC[C@H]21. The summed E-state index contributed by atoms with van der Waals surface area (Å²) in [4.78, 5) is 15.7. The van der Waals surface area contributed by atoms with Crippen LogP contribution in [0.5, 0.6) is 5.75 Å². The van der Waals surface area contributed by atoms with Gasteiger partial charge in [-0.1, -0.05) is 36.2 Å². The third-order valence-electron chi connectivity index (χ3n) is 9.88. The van der Waals surface area contributed by atoms with E-state index in [1.807, 2.05) is 18.2 Å². The molecule has 0 saturated heterocycles. The van der Waals surface area contributed by atoms with Gasteiger partial charge in [0.05, 0.1) is 16.7 Å². The van der Waals surface area contributed by atoms with Crippen molar-refractivity contribution in [2.45, 2.75) is 75.4 Å². The van der Waals surface area contributed by atoms with Crippen LogP contribution in [0, 0.1) is 23.7 Å². The van der Waals surface area contributed by atoms with E-state index in [0.29, 0.717) is 35.6 Å². The molecule has 0 radical (unpaired) electrons. The summed E-state index contributed by atoms with van der Waals surface area (Å²) in [7, 11) is -2.27. The van der Waals surface area contributed by atoms with Gasteiger partial charge in [0.25, 0.3) is 10.0 Å². The van der Waals surface area contributed by atoms with Gasteiger partial charge in [-0.25, -0.2) is 13.1 Å². The summed E-state index contributed by atoms with van der Waals surface area (Å²) in [5.74, 6) is 0.861. The first kappa shape index (κ1) is 29.5. The lowest BCUT2D eigenvalue weighted by Gasteiger charge is -2.43. The summed E-state index contributed by atoms with van der Waals surface area (Å²) in [5, 5.41) is 0.716. The topological polar surface area (TPSA) is 84.9 Å². The fourth-order valence-electron chi connectivity index (χ4n) is 7.34. The number of hydrogen-bond acceptors (Lipinski definition) is 6. The van der Waals surface area contributed by atoms with Gasteiger partial charge in [0.2, 0.25) is 5.91 Å². The molecule has 2 aromatic rings. The highest BCUT2D eigenvalue weighted by atomic mass is 35.5. The summed E-state index contributed by atoms with van der Waals surface area (Å²) >= 11 is 6.32. The van der Waals surface area contributed by atoms with Crippen LogP contribution in [0.1, 0.15) is 62.5 Å². The van der Waals surface area contributed by atoms with Crippen LogP contribution in [-0.2, 0) is 32.6 Å². The normalized spacial score (nSPS) is 30.3. The minimum atomic E-state index is -4.05. The molecule has 4 aliphatic rings. The van der Waals surface area contributed by atoms with Crippen LogP contribution >= 0.6 is 11.6 Å². The number of ether oxygens (including phenoxy) is 2. The number of fused-ring (bicyclic) bond motifs is 4. The first-order chi connectivity index (χ1) is 20.3. The third kappa shape index (κ3) is 6.22. The number of hydrogen-bond donors (Lipinski definition) is 1. The van der Waals surface area contributed by atoms with Crippen molar-refractivity contribution in [2.75, 3.05) is 25.1 Å². The maximum atomic E-state index is 13.6. The number of carbonyl (C=O) groups is 1. The number of halogens is 1. The van der Waals surface area contributed by atoms with E-state index < -0.39 is 15.9 Å². The van der Waals surface area contributed by atoms with E-state index in [1.165, 1.54) is 5.56 Å².